The van der Waals surface area contributed by atoms with Gasteiger partial charge >= 0.3 is 0 Å². The van der Waals surface area contributed by atoms with E-state index in [9.17, 15) is 4.79 Å². The van der Waals surface area contributed by atoms with E-state index in [1.54, 1.807) is 6.20 Å². The molecule has 0 radical (unpaired) electrons. The van der Waals surface area contributed by atoms with Crippen LogP contribution in [0, 0.1) is 11.3 Å². The van der Waals surface area contributed by atoms with Crippen LogP contribution in [-0.4, -0.2) is 15.3 Å². The topological polar surface area (TPSA) is 34.9 Å². The van der Waals surface area contributed by atoms with Crippen LogP contribution in [0.3, 0.4) is 0 Å². The van der Waals surface area contributed by atoms with Crippen molar-refractivity contribution in [2.75, 3.05) is 0 Å². The van der Waals surface area contributed by atoms with Crippen molar-refractivity contribution in [3.8, 4) is 0 Å². The Morgan fingerprint density at radius 2 is 2.28 bits per heavy atom. The molecule has 1 heterocycles. The van der Waals surface area contributed by atoms with Crippen LogP contribution in [0.15, 0.2) is 12.4 Å². The van der Waals surface area contributed by atoms with E-state index in [1.807, 2.05) is 10.8 Å². The Balaban J connectivity index is 2.22. The summed E-state index contributed by atoms with van der Waals surface area (Å²) in [5, 5.41) is 0. The van der Waals surface area contributed by atoms with Gasteiger partial charge in [-0.2, -0.15) is 0 Å². The number of imidazole rings is 1. The van der Waals surface area contributed by atoms with Crippen molar-refractivity contribution in [2.45, 2.75) is 59.4 Å². The molecule has 0 aromatic carbocycles. The first-order valence-corrected chi connectivity index (χ1v) is 7.11. The maximum atomic E-state index is 12.7. The fraction of sp³-hybridized carbons (Fsp3) is 0.733. The standard InChI is InChI=1S/C15H24N2O/c1-4-10-17-11-9-16-14(17)13(18)12-7-5-6-8-15(12,2)3/h9,11-12H,4-8,10H2,1-3H3. The van der Waals surface area contributed by atoms with Crippen molar-refractivity contribution in [3.05, 3.63) is 18.2 Å². The third kappa shape index (κ3) is 2.50. The lowest BCUT2D eigenvalue weighted by Crippen LogP contribution is -2.35. The van der Waals surface area contributed by atoms with E-state index in [2.05, 4.69) is 25.8 Å². The van der Waals surface area contributed by atoms with E-state index >= 15 is 0 Å². The number of hydrogen-bond acceptors (Lipinski definition) is 2. The Hall–Kier alpha value is -1.12. The number of aryl methyl sites for hydroxylation is 1. The minimum absolute atomic E-state index is 0.123. The molecule has 0 saturated heterocycles. The maximum Gasteiger partial charge on any atom is 0.201 e. The second kappa shape index (κ2) is 5.25. The first-order chi connectivity index (χ1) is 8.56. The molecule has 3 heteroatoms. The van der Waals surface area contributed by atoms with Crippen molar-refractivity contribution in [1.82, 2.24) is 9.55 Å². The van der Waals surface area contributed by atoms with Gasteiger partial charge in [0, 0.05) is 24.9 Å². The molecule has 1 aliphatic rings. The molecule has 1 aliphatic carbocycles. The number of carbonyl (C=O) groups is 1. The quantitative estimate of drug-likeness (QED) is 0.762. The first-order valence-electron chi connectivity index (χ1n) is 7.11. The molecule has 0 aliphatic heterocycles. The Morgan fingerprint density at radius 3 is 2.94 bits per heavy atom. The predicted octanol–water partition coefficient (Wildman–Crippen LogP) is 3.69. The Bertz CT molecular complexity index is 420. The van der Waals surface area contributed by atoms with Gasteiger partial charge in [-0.3, -0.25) is 4.79 Å². The normalized spacial score (nSPS) is 22.9. The largest absolute Gasteiger partial charge is 0.329 e. The van der Waals surface area contributed by atoms with Gasteiger partial charge in [0.05, 0.1) is 0 Å². The van der Waals surface area contributed by atoms with Crippen molar-refractivity contribution in [2.24, 2.45) is 11.3 Å². The number of carbonyl (C=O) groups excluding carboxylic acids is 1. The van der Waals surface area contributed by atoms with Crippen molar-refractivity contribution >= 4 is 5.78 Å². The van der Waals surface area contributed by atoms with Crippen LogP contribution >= 0.6 is 0 Å². The summed E-state index contributed by atoms with van der Waals surface area (Å²) in [7, 11) is 0. The number of nitrogens with zero attached hydrogens (tertiary/aromatic N) is 2. The monoisotopic (exact) mass is 248 g/mol. The molecule has 1 aromatic rings. The molecule has 0 spiro atoms. The fourth-order valence-electron chi connectivity index (χ4n) is 3.09. The van der Waals surface area contributed by atoms with Crippen LogP contribution in [0.4, 0.5) is 0 Å². The van der Waals surface area contributed by atoms with E-state index in [4.69, 9.17) is 0 Å². The van der Waals surface area contributed by atoms with E-state index in [1.165, 1.54) is 12.8 Å². The summed E-state index contributed by atoms with van der Waals surface area (Å²) in [5.74, 6) is 1.05. The molecule has 1 unspecified atom stereocenters. The second-order valence-electron chi connectivity index (χ2n) is 6.10. The summed E-state index contributed by atoms with van der Waals surface area (Å²) in [6, 6.07) is 0. The highest BCUT2D eigenvalue weighted by Gasteiger charge is 2.38. The number of hydrogen-bond donors (Lipinski definition) is 0. The van der Waals surface area contributed by atoms with Crippen molar-refractivity contribution < 1.29 is 4.79 Å². The van der Waals surface area contributed by atoms with E-state index in [0.717, 1.165) is 25.8 Å². The zero-order valence-electron chi connectivity index (χ0n) is 11.8. The lowest BCUT2D eigenvalue weighted by molar-refractivity contribution is 0.0681. The summed E-state index contributed by atoms with van der Waals surface area (Å²) in [4.78, 5) is 17.0. The SMILES string of the molecule is CCCn1ccnc1C(=O)C1CCCCC1(C)C. The van der Waals surface area contributed by atoms with E-state index < -0.39 is 0 Å². The highest BCUT2D eigenvalue weighted by atomic mass is 16.1. The van der Waals surface area contributed by atoms with Gasteiger partial charge in [0.1, 0.15) is 0 Å². The third-order valence-electron chi connectivity index (χ3n) is 4.22. The number of Topliss-reactive ketones (excluding diaryl/α,β-unsaturated/α-hetero) is 1. The summed E-state index contributed by atoms with van der Waals surface area (Å²) < 4.78 is 2.01. The van der Waals surface area contributed by atoms with Gasteiger partial charge in [0.25, 0.3) is 0 Å². The van der Waals surface area contributed by atoms with Gasteiger partial charge in [-0.05, 0) is 24.7 Å². The smallest absolute Gasteiger partial charge is 0.201 e. The minimum atomic E-state index is 0.123. The summed E-state index contributed by atoms with van der Waals surface area (Å²) in [6.45, 7) is 7.46. The first kappa shape index (κ1) is 13.3. The third-order valence-corrected chi connectivity index (χ3v) is 4.22. The molecule has 3 nitrogen and oxygen atoms in total. The highest BCUT2D eigenvalue weighted by molar-refractivity contribution is 5.95. The molecule has 0 amide bonds. The predicted molar refractivity (Wildman–Crippen MR) is 72.6 cm³/mol. The van der Waals surface area contributed by atoms with Gasteiger partial charge in [-0.25, -0.2) is 4.98 Å². The number of ketones is 1. The van der Waals surface area contributed by atoms with Crippen LogP contribution in [0.2, 0.25) is 0 Å². The molecule has 2 rings (SSSR count). The van der Waals surface area contributed by atoms with E-state index in [-0.39, 0.29) is 17.1 Å². The van der Waals surface area contributed by atoms with Gasteiger partial charge < -0.3 is 4.57 Å². The molecule has 100 valence electrons. The fourth-order valence-corrected chi connectivity index (χ4v) is 3.09. The summed E-state index contributed by atoms with van der Waals surface area (Å²) >= 11 is 0. The molecule has 0 bridgehead atoms. The molecule has 18 heavy (non-hydrogen) atoms. The molecule has 1 saturated carbocycles. The Labute approximate surface area is 110 Å². The minimum Gasteiger partial charge on any atom is -0.329 e. The molecule has 1 fully saturated rings. The maximum absolute atomic E-state index is 12.7. The van der Waals surface area contributed by atoms with Gasteiger partial charge in [0.2, 0.25) is 5.78 Å². The van der Waals surface area contributed by atoms with E-state index in [0.29, 0.717) is 5.82 Å². The molecule has 1 aromatic heterocycles. The lowest BCUT2D eigenvalue weighted by Gasteiger charge is -2.37. The Morgan fingerprint density at radius 1 is 1.50 bits per heavy atom. The van der Waals surface area contributed by atoms with Crippen LogP contribution in [-0.2, 0) is 6.54 Å². The molecular formula is C15H24N2O. The number of aromatic nitrogens is 2. The summed E-state index contributed by atoms with van der Waals surface area (Å²) in [6.07, 6.45) is 9.30. The van der Waals surface area contributed by atoms with Gasteiger partial charge in [-0.15, -0.1) is 0 Å². The van der Waals surface area contributed by atoms with Gasteiger partial charge in [-0.1, -0.05) is 33.6 Å². The number of rotatable bonds is 4. The summed E-state index contributed by atoms with van der Waals surface area (Å²) in [5.41, 5.74) is 0.123. The lowest BCUT2D eigenvalue weighted by atomic mass is 9.67. The zero-order valence-corrected chi connectivity index (χ0v) is 11.8. The molecule has 1 atom stereocenters. The van der Waals surface area contributed by atoms with Crippen molar-refractivity contribution in [3.63, 3.8) is 0 Å². The zero-order chi connectivity index (χ0) is 13.2. The average molecular weight is 248 g/mol. The van der Waals surface area contributed by atoms with Crippen LogP contribution in [0.5, 0.6) is 0 Å². The molecular weight excluding hydrogens is 224 g/mol. The van der Waals surface area contributed by atoms with Crippen LogP contribution in [0.25, 0.3) is 0 Å². The van der Waals surface area contributed by atoms with Crippen LogP contribution in [0.1, 0.15) is 63.5 Å². The van der Waals surface area contributed by atoms with Crippen molar-refractivity contribution in [1.29, 1.82) is 0 Å². The second-order valence-corrected chi connectivity index (χ2v) is 6.10. The highest BCUT2D eigenvalue weighted by Crippen LogP contribution is 2.41. The van der Waals surface area contributed by atoms with Gasteiger partial charge in [0.15, 0.2) is 5.82 Å². The average Bonchev–Trinajstić information content (AvgIpc) is 2.76. The van der Waals surface area contributed by atoms with Crippen LogP contribution < -0.4 is 0 Å². The Kier molecular flexibility index (Phi) is 3.88. The molecule has 0 N–H and O–H groups in total.